The molecule has 1 heterocycles. The number of aryl methyl sites for hydroxylation is 1. The highest BCUT2D eigenvalue weighted by Gasteiger charge is 2.26. The van der Waals surface area contributed by atoms with Crippen molar-refractivity contribution in [1.29, 1.82) is 0 Å². The number of benzene rings is 2. The monoisotopic (exact) mass is 378 g/mol. The maximum absolute atomic E-state index is 13.9. The molecule has 0 fully saturated rings. The lowest BCUT2D eigenvalue weighted by Gasteiger charge is -2.19. The number of hydrogen-bond acceptors (Lipinski definition) is 3. The van der Waals surface area contributed by atoms with Gasteiger partial charge in [-0.1, -0.05) is 17.7 Å². The number of halogens is 3. The number of aromatic amines is 1. The van der Waals surface area contributed by atoms with Crippen molar-refractivity contribution >= 4 is 34.1 Å². The fourth-order valence-corrected chi connectivity index (χ4v) is 2.91. The van der Waals surface area contributed by atoms with E-state index in [1.54, 1.807) is 19.1 Å². The average molecular weight is 379 g/mol. The molecule has 2 N–H and O–H groups in total. The quantitative estimate of drug-likeness (QED) is 0.713. The molecule has 0 bridgehead atoms. The van der Waals surface area contributed by atoms with Gasteiger partial charge < -0.3 is 15.0 Å². The van der Waals surface area contributed by atoms with Gasteiger partial charge in [0, 0.05) is 13.1 Å². The average Bonchev–Trinajstić information content (AvgIpc) is 2.59. The molecule has 0 aliphatic carbocycles. The molecule has 1 aromatic heterocycles. The summed E-state index contributed by atoms with van der Waals surface area (Å²) in [5, 5.41) is 10.8. The second kappa shape index (κ2) is 6.42. The topological polar surface area (TPSA) is 73.4 Å². The lowest BCUT2D eigenvalue weighted by molar-refractivity contribution is 0.0988. The van der Waals surface area contributed by atoms with Crippen LogP contribution in [0.2, 0.25) is 5.02 Å². The molecule has 0 saturated carbocycles. The summed E-state index contributed by atoms with van der Waals surface area (Å²) in [5.74, 6) is -3.23. The van der Waals surface area contributed by atoms with Crippen molar-refractivity contribution < 1.29 is 18.7 Å². The first-order valence-corrected chi connectivity index (χ1v) is 7.87. The van der Waals surface area contributed by atoms with Gasteiger partial charge >= 0.3 is 0 Å². The molecular formula is C18H13ClF2N2O3. The number of nitrogens with one attached hydrogen (secondary N) is 1. The first-order valence-electron chi connectivity index (χ1n) is 7.49. The van der Waals surface area contributed by atoms with Crippen molar-refractivity contribution in [3.8, 4) is 5.75 Å². The van der Waals surface area contributed by atoms with Crippen LogP contribution in [0.4, 0.5) is 14.5 Å². The number of fused-ring (bicyclic) bond motifs is 1. The fraction of sp³-hybridized carbons (Fsp3) is 0.111. The Morgan fingerprint density at radius 1 is 1.23 bits per heavy atom. The van der Waals surface area contributed by atoms with E-state index in [0.717, 1.165) is 23.1 Å². The summed E-state index contributed by atoms with van der Waals surface area (Å²) in [4.78, 5) is 28.2. The van der Waals surface area contributed by atoms with Gasteiger partial charge in [0.05, 0.1) is 21.6 Å². The molecule has 8 heteroatoms. The number of aromatic nitrogens is 1. The van der Waals surface area contributed by atoms with Crippen LogP contribution in [0.25, 0.3) is 10.9 Å². The predicted octanol–water partition coefficient (Wildman–Crippen LogP) is 3.75. The highest BCUT2D eigenvalue weighted by molar-refractivity contribution is 6.37. The minimum Gasteiger partial charge on any atom is -0.506 e. The first-order chi connectivity index (χ1) is 12.2. The molecule has 134 valence electrons. The van der Waals surface area contributed by atoms with E-state index in [9.17, 15) is 23.5 Å². The smallest absolute Gasteiger partial charge is 0.267 e. The van der Waals surface area contributed by atoms with Gasteiger partial charge in [-0.05, 0) is 30.7 Å². The Hall–Kier alpha value is -2.93. The normalized spacial score (nSPS) is 11.0. The lowest BCUT2D eigenvalue weighted by Crippen LogP contribution is -2.32. The zero-order chi connectivity index (χ0) is 19.2. The van der Waals surface area contributed by atoms with E-state index in [-0.39, 0.29) is 21.6 Å². The number of carbonyl (C=O) groups excluding carboxylic acids is 1. The summed E-state index contributed by atoms with van der Waals surface area (Å²) >= 11 is 6.19. The van der Waals surface area contributed by atoms with E-state index in [4.69, 9.17) is 11.6 Å². The summed E-state index contributed by atoms with van der Waals surface area (Å²) in [6.45, 7) is 1.70. The van der Waals surface area contributed by atoms with Gasteiger partial charge in [0.25, 0.3) is 11.5 Å². The molecule has 1 amide bonds. The van der Waals surface area contributed by atoms with Crippen LogP contribution in [0.1, 0.15) is 15.9 Å². The first kappa shape index (κ1) is 17.9. The molecule has 5 nitrogen and oxygen atoms in total. The highest BCUT2D eigenvalue weighted by Crippen LogP contribution is 2.34. The molecule has 0 aliphatic rings. The molecule has 0 saturated heterocycles. The Balaban J connectivity index is 2.21. The van der Waals surface area contributed by atoms with Gasteiger partial charge in [-0.15, -0.1) is 0 Å². The number of aromatic hydroxyl groups is 1. The molecular weight excluding hydrogens is 366 g/mol. The van der Waals surface area contributed by atoms with Crippen molar-refractivity contribution in [3.63, 3.8) is 0 Å². The van der Waals surface area contributed by atoms with Crippen LogP contribution in [0.15, 0.2) is 35.1 Å². The number of carbonyl (C=O) groups is 1. The maximum Gasteiger partial charge on any atom is 0.267 e. The zero-order valence-electron chi connectivity index (χ0n) is 13.7. The minimum absolute atomic E-state index is 0.0998. The Morgan fingerprint density at radius 2 is 1.92 bits per heavy atom. The van der Waals surface area contributed by atoms with Crippen LogP contribution in [0, 0.1) is 18.6 Å². The number of H-pyrrole nitrogens is 1. The van der Waals surface area contributed by atoms with Crippen molar-refractivity contribution in [2.24, 2.45) is 0 Å². The Bertz CT molecular complexity index is 1110. The Labute approximate surface area is 151 Å². The molecule has 3 aromatic rings. The molecule has 0 radical (unpaired) electrons. The van der Waals surface area contributed by atoms with Crippen molar-refractivity contribution in [2.45, 2.75) is 6.92 Å². The molecule has 0 unspecified atom stereocenters. The third kappa shape index (κ3) is 2.80. The summed E-state index contributed by atoms with van der Waals surface area (Å²) in [5.41, 5.74) is -0.979. The second-order valence-corrected chi connectivity index (χ2v) is 6.13. The van der Waals surface area contributed by atoms with Gasteiger partial charge in [0.15, 0.2) is 0 Å². The summed E-state index contributed by atoms with van der Waals surface area (Å²) < 4.78 is 27.3. The van der Waals surface area contributed by atoms with E-state index in [0.29, 0.717) is 5.56 Å². The van der Waals surface area contributed by atoms with E-state index < -0.39 is 34.4 Å². The Kier molecular flexibility index (Phi) is 4.41. The van der Waals surface area contributed by atoms with Gasteiger partial charge in [-0.2, -0.15) is 0 Å². The van der Waals surface area contributed by atoms with E-state index in [1.807, 2.05) is 0 Å². The molecule has 3 rings (SSSR count). The summed E-state index contributed by atoms with van der Waals surface area (Å²) in [6, 6.07) is 5.77. The SMILES string of the molecule is Cc1ccc2[nH]c(=O)c(C(=O)N(C)c3cc(F)ccc3F)c(O)c2c1Cl. The van der Waals surface area contributed by atoms with E-state index >= 15 is 0 Å². The van der Waals surface area contributed by atoms with Crippen molar-refractivity contribution in [1.82, 2.24) is 4.98 Å². The second-order valence-electron chi connectivity index (χ2n) is 5.76. The number of amides is 1. The molecule has 0 spiro atoms. The molecule has 26 heavy (non-hydrogen) atoms. The van der Waals surface area contributed by atoms with E-state index in [1.165, 1.54) is 7.05 Å². The van der Waals surface area contributed by atoms with Crippen LogP contribution in [0.3, 0.4) is 0 Å². The van der Waals surface area contributed by atoms with Gasteiger partial charge in [-0.3, -0.25) is 9.59 Å². The van der Waals surface area contributed by atoms with Crippen LogP contribution in [0.5, 0.6) is 5.75 Å². The third-order valence-corrected chi connectivity index (χ3v) is 4.56. The maximum atomic E-state index is 13.9. The largest absolute Gasteiger partial charge is 0.506 e. The number of nitrogens with zero attached hydrogens (tertiary/aromatic N) is 1. The summed E-state index contributed by atoms with van der Waals surface area (Å²) in [7, 11) is 1.17. The number of hydrogen-bond donors (Lipinski definition) is 2. The number of pyridine rings is 1. The Morgan fingerprint density at radius 3 is 2.62 bits per heavy atom. The van der Waals surface area contributed by atoms with Crippen LogP contribution in [-0.2, 0) is 0 Å². The molecule has 0 atom stereocenters. The van der Waals surface area contributed by atoms with Crippen LogP contribution >= 0.6 is 11.6 Å². The van der Waals surface area contributed by atoms with Gasteiger partial charge in [-0.25, -0.2) is 8.78 Å². The minimum atomic E-state index is -1.01. The van der Waals surface area contributed by atoms with Crippen molar-refractivity contribution in [3.05, 3.63) is 68.5 Å². The predicted molar refractivity (Wildman–Crippen MR) is 95.1 cm³/mol. The van der Waals surface area contributed by atoms with Crippen LogP contribution < -0.4 is 10.5 Å². The van der Waals surface area contributed by atoms with E-state index in [2.05, 4.69) is 4.98 Å². The highest BCUT2D eigenvalue weighted by atomic mass is 35.5. The third-order valence-electron chi connectivity index (χ3n) is 4.07. The standard InChI is InChI=1S/C18H13ClF2N2O3/c1-8-3-6-11-13(15(8)19)16(24)14(17(25)22-11)18(26)23(2)12-7-9(20)4-5-10(12)21/h3-7H,1-2H3,(H2,22,24,25). The zero-order valence-corrected chi connectivity index (χ0v) is 14.5. The molecule has 0 aliphatic heterocycles. The van der Waals surface area contributed by atoms with Gasteiger partial charge in [0.1, 0.15) is 22.9 Å². The van der Waals surface area contributed by atoms with Gasteiger partial charge in [0.2, 0.25) is 0 Å². The lowest BCUT2D eigenvalue weighted by atomic mass is 10.1. The van der Waals surface area contributed by atoms with Crippen LogP contribution in [-0.4, -0.2) is 23.0 Å². The molecule has 2 aromatic carbocycles. The fourth-order valence-electron chi connectivity index (χ4n) is 2.65. The number of anilines is 1. The summed E-state index contributed by atoms with van der Waals surface area (Å²) in [6.07, 6.45) is 0. The number of rotatable bonds is 2. The van der Waals surface area contributed by atoms with Crippen molar-refractivity contribution in [2.75, 3.05) is 11.9 Å².